The predicted octanol–water partition coefficient (Wildman–Crippen LogP) is 2.48. The SMILES string of the molecule is NCC=CCOc1ccc(Br)c(F)c1. The molecule has 0 aliphatic rings. The lowest BCUT2D eigenvalue weighted by molar-refractivity contribution is 0.360. The van der Waals surface area contributed by atoms with Gasteiger partial charge in [-0.05, 0) is 28.1 Å². The van der Waals surface area contributed by atoms with Crippen LogP contribution in [0.5, 0.6) is 5.75 Å². The lowest BCUT2D eigenvalue weighted by Crippen LogP contribution is -1.97. The van der Waals surface area contributed by atoms with Gasteiger partial charge in [0.25, 0.3) is 0 Å². The summed E-state index contributed by atoms with van der Waals surface area (Å²) in [6.07, 6.45) is 3.58. The number of rotatable bonds is 4. The van der Waals surface area contributed by atoms with Crippen molar-refractivity contribution in [2.24, 2.45) is 5.73 Å². The monoisotopic (exact) mass is 259 g/mol. The number of hydrogen-bond donors (Lipinski definition) is 1. The Balaban J connectivity index is 2.51. The average molecular weight is 260 g/mol. The molecule has 1 rings (SSSR count). The molecule has 0 saturated carbocycles. The fraction of sp³-hybridized carbons (Fsp3) is 0.200. The quantitative estimate of drug-likeness (QED) is 0.844. The summed E-state index contributed by atoms with van der Waals surface area (Å²) in [5.41, 5.74) is 5.24. The largest absolute Gasteiger partial charge is 0.489 e. The minimum atomic E-state index is -0.328. The fourth-order valence-corrected chi connectivity index (χ4v) is 1.12. The second kappa shape index (κ2) is 5.78. The van der Waals surface area contributed by atoms with Crippen molar-refractivity contribution >= 4 is 15.9 Å². The van der Waals surface area contributed by atoms with E-state index in [1.54, 1.807) is 24.3 Å². The van der Waals surface area contributed by atoms with Crippen LogP contribution in [0.4, 0.5) is 4.39 Å². The molecular weight excluding hydrogens is 249 g/mol. The van der Waals surface area contributed by atoms with Crippen LogP contribution in [0.1, 0.15) is 0 Å². The van der Waals surface area contributed by atoms with Crippen molar-refractivity contribution in [2.45, 2.75) is 0 Å². The van der Waals surface area contributed by atoms with Crippen molar-refractivity contribution in [2.75, 3.05) is 13.2 Å². The van der Waals surface area contributed by atoms with Crippen LogP contribution in [0.25, 0.3) is 0 Å². The van der Waals surface area contributed by atoms with E-state index in [-0.39, 0.29) is 5.82 Å². The molecule has 0 heterocycles. The van der Waals surface area contributed by atoms with E-state index in [4.69, 9.17) is 10.5 Å². The summed E-state index contributed by atoms with van der Waals surface area (Å²) in [5, 5.41) is 0. The van der Waals surface area contributed by atoms with Crippen LogP contribution in [0.2, 0.25) is 0 Å². The van der Waals surface area contributed by atoms with Crippen LogP contribution in [-0.2, 0) is 0 Å². The molecule has 76 valence electrons. The zero-order valence-electron chi connectivity index (χ0n) is 7.54. The number of benzene rings is 1. The third kappa shape index (κ3) is 3.47. The molecule has 0 atom stereocenters. The highest BCUT2D eigenvalue weighted by atomic mass is 79.9. The Morgan fingerprint density at radius 1 is 1.43 bits per heavy atom. The van der Waals surface area contributed by atoms with E-state index in [1.807, 2.05) is 0 Å². The Morgan fingerprint density at radius 2 is 2.21 bits per heavy atom. The van der Waals surface area contributed by atoms with Crippen molar-refractivity contribution < 1.29 is 9.13 Å². The topological polar surface area (TPSA) is 35.2 Å². The number of ether oxygens (including phenoxy) is 1. The summed E-state index contributed by atoms with van der Waals surface area (Å²) in [6, 6.07) is 4.64. The maximum atomic E-state index is 13.0. The molecule has 14 heavy (non-hydrogen) atoms. The zero-order chi connectivity index (χ0) is 10.4. The van der Waals surface area contributed by atoms with E-state index >= 15 is 0 Å². The van der Waals surface area contributed by atoms with Crippen LogP contribution in [0.15, 0.2) is 34.8 Å². The maximum Gasteiger partial charge on any atom is 0.141 e. The molecule has 2 N–H and O–H groups in total. The second-order valence-corrected chi connectivity index (χ2v) is 3.45. The van der Waals surface area contributed by atoms with Gasteiger partial charge in [0, 0.05) is 12.6 Å². The summed E-state index contributed by atoms with van der Waals surface area (Å²) < 4.78 is 18.7. The first-order valence-electron chi connectivity index (χ1n) is 4.17. The molecule has 0 radical (unpaired) electrons. The van der Waals surface area contributed by atoms with Gasteiger partial charge in [0.1, 0.15) is 18.2 Å². The standard InChI is InChI=1S/C10H11BrFNO/c11-9-4-3-8(7-10(9)12)14-6-2-1-5-13/h1-4,7H,5-6,13H2. The van der Waals surface area contributed by atoms with Gasteiger partial charge in [0.15, 0.2) is 0 Å². The summed E-state index contributed by atoms with van der Waals surface area (Å²) in [7, 11) is 0. The van der Waals surface area contributed by atoms with Gasteiger partial charge in [-0.15, -0.1) is 0 Å². The summed E-state index contributed by atoms with van der Waals surface area (Å²) >= 11 is 3.06. The summed E-state index contributed by atoms with van der Waals surface area (Å²) in [5.74, 6) is 0.178. The van der Waals surface area contributed by atoms with E-state index in [0.29, 0.717) is 23.4 Å². The minimum absolute atomic E-state index is 0.328. The third-order valence-electron chi connectivity index (χ3n) is 1.54. The molecule has 0 bridgehead atoms. The fourth-order valence-electron chi connectivity index (χ4n) is 0.875. The summed E-state index contributed by atoms with van der Waals surface area (Å²) in [6.45, 7) is 0.885. The average Bonchev–Trinajstić information content (AvgIpc) is 2.18. The first-order valence-corrected chi connectivity index (χ1v) is 4.96. The van der Waals surface area contributed by atoms with Crippen LogP contribution in [0.3, 0.4) is 0 Å². The smallest absolute Gasteiger partial charge is 0.141 e. The van der Waals surface area contributed by atoms with Gasteiger partial charge >= 0.3 is 0 Å². The lowest BCUT2D eigenvalue weighted by atomic mass is 10.3. The molecule has 0 aliphatic carbocycles. The van der Waals surface area contributed by atoms with Gasteiger partial charge in [-0.25, -0.2) is 4.39 Å². The Hall–Kier alpha value is -0.870. The third-order valence-corrected chi connectivity index (χ3v) is 2.18. The van der Waals surface area contributed by atoms with Gasteiger partial charge in [-0.1, -0.05) is 12.2 Å². The molecule has 0 spiro atoms. The first kappa shape index (κ1) is 11.2. The van der Waals surface area contributed by atoms with Gasteiger partial charge in [-0.3, -0.25) is 0 Å². The Kier molecular flexibility index (Phi) is 4.62. The van der Waals surface area contributed by atoms with Gasteiger partial charge in [0.2, 0.25) is 0 Å². The highest BCUT2D eigenvalue weighted by Crippen LogP contribution is 2.20. The van der Waals surface area contributed by atoms with Crippen LogP contribution in [-0.4, -0.2) is 13.2 Å². The zero-order valence-corrected chi connectivity index (χ0v) is 9.13. The molecular formula is C10H11BrFNO. The Bertz CT molecular complexity index is 328. The van der Waals surface area contributed by atoms with Crippen molar-refractivity contribution in [3.8, 4) is 5.75 Å². The molecule has 0 amide bonds. The maximum absolute atomic E-state index is 13.0. The highest BCUT2D eigenvalue weighted by molar-refractivity contribution is 9.10. The van der Waals surface area contributed by atoms with E-state index in [9.17, 15) is 4.39 Å². The van der Waals surface area contributed by atoms with Crippen molar-refractivity contribution in [1.29, 1.82) is 0 Å². The molecule has 1 aromatic rings. The van der Waals surface area contributed by atoms with Crippen LogP contribution < -0.4 is 10.5 Å². The van der Waals surface area contributed by atoms with Crippen molar-refractivity contribution in [1.82, 2.24) is 0 Å². The van der Waals surface area contributed by atoms with E-state index in [1.165, 1.54) is 6.07 Å². The minimum Gasteiger partial charge on any atom is -0.489 e. The van der Waals surface area contributed by atoms with Gasteiger partial charge in [0.05, 0.1) is 4.47 Å². The van der Waals surface area contributed by atoms with E-state index < -0.39 is 0 Å². The Morgan fingerprint density at radius 3 is 2.86 bits per heavy atom. The van der Waals surface area contributed by atoms with Crippen LogP contribution in [0, 0.1) is 5.82 Å². The molecule has 0 aromatic heterocycles. The number of halogens is 2. The molecule has 1 aromatic carbocycles. The second-order valence-electron chi connectivity index (χ2n) is 2.59. The van der Waals surface area contributed by atoms with Gasteiger partial charge < -0.3 is 10.5 Å². The predicted molar refractivity (Wildman–Crippen MR) is 57.8 cm³/mol. The lowest BCUT2D eigenvalue weighted by Gasteiger charge is -2.03. The molecule has 0 saturated heterocycles. The van der Waals surface area contributed by atoms with E-state index in [0.717, 1.165) is 0 Å². The normalized spacial score (nSPS) is 10.8. The highest BCUT2D eigenvalue weighted by Gasteiger charge is 1.99. The number of hydrogen-bond acceptors (Lipinski definition) is 2. The molecule has 0 aliphatic heterocycles. The van der Waals surface area contributed by atoms with Gasteiger partial charge in [-0.2, -0.15) is 0 Å². The van der Waals surface area contributed by atoms with E-state index in [2.05, 4.69) is 15.9 Å². The molecule has 0 fully saturated rings. The van der Waals surface area contributed by atoms with Crippen LogP contribution >= 0.6 is 15.9 Å². The molecule has 0 unspecified atom stereocenters. The Labute approximate surface area is 90.7 Å². The number of nitrogens with two attached hydrogens (primary N) is 1. The first-order chi connectivity index (χ1) is 6.74. The molecule has 2 nitrogen and oxygen atoms in total. The summed E-state index contributed by atoms with van der Waals surface area (Å²) in [4.78, 5) is 0. The van der Waals surface area contributed by atoms with Crippen molar-refractivity contribution in [3.63, 3.8) is 0 Å². The van der Waals surface area contributed by atoms with Crippen molar-refractivity contribution in [3.05, 3.63) is 40.6 Å². The molecule has 4 heteroatoms.